The quantitative estimate of drug-likeness (QED) is 0.498. The lowest BCUT2D eigenvalue weighted by molar-refractivity contribution is 0.0963. The van der Waals surface area contributed by atoms with E-state index in [0.29, 0.717) is 32.2 Å². The molecule has 8 heteroatoms. The summed E-state index contributed by atoms with van der Waals surface area (Å²) in [5.74, 6) is 1.44. The number of piperazine rings is 1. The van der Waals surface area contributed by atoms with E-state index in [2.05, 4.69) is 44.4 Å². The van der Waals surface area contributed by atoms with Gasteiger partial charge < -0.3 is 25.6 Å². The second kappa shape index (κ2) is 10.9. The number of piperidine rings is 1. The van der Waals surface area contributed by atoms with Crippen molar-refractivity contribution < 1.29 is 9.53 Å². The maximum Gasteiger partial charge on any atom is 0.409 e. The Bertz CT molecular complexity index is 763. The smallest absolute Gasteiger partial charge is 0.409 e. The molecule has 3 fully saturated rings. The van der Waals surface area contributed by atoms with Crippen LogP contribution in [0, 0.1) is 5.92 Å². The number of likely N-dealkylation sites (tertiary alicyclic amines) is 1. The van der Waals surface area contributed by atoms with Crippen molar-refractivity contribution >= 4 is 17.7 Å². The lowest BCUT2D eigenvalue weighted by Crippen LogP contribution is -2.48. The summed E-state index contributed by atoms with van der Waals surface area (Å²) in [5, 5.41) is 3.30. The van der Waals surface area contributed by atoms with E-state index in [9.17, 15) is 4.79 Å². The van der Waals surface area contributed by atoms with Gasteiger partial charge in [-0.1, -0.05) is 12.1 Å². The zero-order valence-electron chi connectivity index (χ0n) is 19.3. The maximum absolute atomic E-state index is 11.8. The van der Waals surface area contributed by atoms with Crippen molar-refractivity contribution in [2.45, 2.75) is 45.2 Å². The molecule has 32 heavy (non-hydrogen) atoms. The first-order valence-corrected chi connectivity index (χ1v) is 12.1. The van der Waals surface area contributed by atoms with E-state index in [0.717, 1.165) is 37.4 Å². The highest BCUT2D eigenvalue weighted by Gasteiger charge is 2.26. The Morgan fingerprint density at radius 3 is 2.38 bits per heavy atom. The minimum Gasteiger partial charge on any atom is -0.450 e. The highest BCUT2D eigenvalue weighted by atomic mass is 16.6. The standard InChI is InChI=1S/C24H38N6O2/c1-2-32-24(31)30-11-9-21(10-12-30)27-23(25)26-17-19-5-7-22(8-6-19)29-15-13-28(14-16-29)18-20-3-4-20/h5-8,20-21H,2-4,9-18H2,1H3,(H3,25,26,27). The average Bonchev–Trinajstić information content (AvgIpc) is 3.63. The van der Waals surface area contributed by atoms with E-state index >= 15 is 0 Å². The number of nitrogens with two attached hydrogens (primary N) is 1. The Balaban J connectivity index is 1.18. The second-order valence-electron chi connectivity index (χ2n) is 9.20. The molecule has 0 unspecified atom stereocenters. The number of rotatable bonds is 7. The third kappa shape index (κ3) is 6.51. The van der Waals surface area contributed by atoms with E-state index in [-0.39, 0.29) is 12.1 Å². The number of hydrogen-bond donors (Lipinski definition) is 2. The Labute approximate surface area is 191 Å². The van der Waals surface area contributed by atoms with Crippen molar-refractivity contribution in [2.75, 3.05) is 57.3 Å². The van der Waals surface area contributed by atoms with Gasteiger partial charge in [-0.2, -0.15) is 0 Å². The molecule has 1 amide bonds. The van der Waals surface area contributed by atoms with Gasteiger partial charge in [-0.3, -0.25) is 4.90 Å². The molecule has 3 aliphatic rings. The van der Waals surface area contributed by atoms with Crippen LogP contribution in [0.25, 0.3) is 0 Å². The maximum atomic E-state index is 11.8. The van der Waals surface area contributed by atoms with Crippen LogP contribution in [0.5, 0.6) is 0 Å². The molecule has 2 saturated heterocycles. The molecule has 1 aromatic carbocycles. The SMILES string of the molecule is CCOC(=O)N1CCC(NC(N)=NCc2ccc(N3CCN(CC4CC4)CC3)cc2)CC1. The molecule has 0 atom stereocenters. The third-order valence-corrected chi connectivity index (χ3v) is 6.69. The minimum atomic E-state index is -0.226. The number of nitrogens with one attached hydrogen (secondary N) is 1. The molecule has 176 valence electrons. The number of benzene rings is 1. The molecular weight excluding hydrogens is 404 g/mol. The first-order chi connectivity index (χ1) is 15.6. The molecule has 2 heterocycles. The number of aliphatic imine (C=N–C) groups is 1. The molecule has 8 nitrogen and oxygen atoms in total. The summed E-state index contributed by atoms with van der Waals surface area (Å²) in [4.78, 5) is 23.2. The van der Waals surface area contributed by atoms with Crippen LogP contribution in [0.15, 0.2) is 29.3 Å². The number of carbonyl (C=O) groups excluding carboxylic acids is 1. The molecule has 0 aromatic heterocycles. The van der Waals surface area contributed by atoms with Gasteiger partial charge in [0, 0.05) is 57.5 Å². The van der Waals surface area contributed by atoms with Gasteiger partial charge in [-0.15, -0.1) is 0 Å². The monoisotopic (exact) mass is 442 g/mol. The zero-order valence-corrected chi connectivity index (χ0v) is 19.3. The van der Waals surface area contributed by atoms with Crippen molar-refractivity contribution in [3.63, 3.8) is 0 Å². The Morgan fingerprint density at radius 1 is 1.06 bits per heavy atom. The van der Waals surface area contributed by atoms with Crippen LogP contribution in [0.4, 0.5) is 10.5 Å². The summed E-state index contributed by atoms with van der Waals surface area (Å²) in [7, 11) is 0. The van der Waals surface area contributed by atoms with Crippen LogP contribution in [-0.4, -0.2) is 80.3 Å². The minimum absolute atomic E-state index is 0.226. The molecule has 3 N–H and O–H groups in total. The number of guanidine groups is 1. The van der Waals surface area contributed by atoms with Crippen LogP contribution < -0.4 is 16.0 Å². The second-order valence-corrected chi connectivity index (χ2v) is 9.20. The van der Waals surface area contributed by atoms with Gasteiger partial charge in [0.15, 0.2) is 5.96 Å². The summed E-state index contributed by atoms with van der Waals surface area (Å²) in [6, 6.07) is 8.96. The number of nitrogens with zero attached hydrogens (tertiary/aromatic N) is 4. The first-order valence-electron chi connectivity index (χ1n) is 12.1. The van der Waals surface area contributed by atoms with Crippen LogP contribution in [0.3, 0.4) is 0 Å². The van der Waals surface area contributed by atoms with E-state index in [1.165, 1.54) is 38.2 Å². The summed E-state index contributed by atoms with van der Waals surface area (Å²) < 4.78 is 5.07. The molecule has 1 aliphatic carbocycles. The highest BCUT2D eigenvalue weighted by Crippen LogP contribution is 2.30. The molecule has 0 spiro atoms. The van der Waals surface area contributed by atoms with E-state index in [1.54, 1.807) is 4.90 Å². The highest BCUT2D eigenvalue weighted by molar-refractivity contribution is 5.78. The molecule has 1 saturated carbocycles. The Kier molecular flexibility index (Phi) is 7.73. The van der Waals surface area contributed by atoms with Crippen molar-refractivity contribution in [2.24, 2.45) is 16.6 Å². The normalized spacial score (nSPS) is 21.0. The van der Waals surface area contributed by atoms with Crippen LogP contribution >= 0.6 is 0 Å². The van der Waals surface area contributed by atoms with Gasteiger partial charge in [0.05, 0.1) is 13.2 Å². The predicted molar refractivity (Wildman–Crippen MR) is 128 cm³/mol. The lowest BCUT2D eigenvalue weighted by Gasteiger charge is -2.36. The molecule has 0 radical (unpaired) electrons. The van der Waals surface area contributed by atoms with Crippen molar-refractivity contribution in [1.82, 2.24) is 15.1 Å². The Morgan fingerprint density at radius 2 is 1.75 bits per heavy atom. The van der Waals surface area contributed by atoms with E-state index in [1.807, 2.05) is 6.92 Å². The van der Waals surface area contributed by atoms with E-state index in [4.69, 9.17) is 10.5 Å². The van der Waals surface area contributed by atoms with Crippen LogP contribution in [0.1, 0.15) is 38.2 Å². The van der Waals surface area contributed by atoms with Crippen molar-refractivity contribution in [3.05, 3.63) is 29.8 Å². The fourth-order valence-corrected chi connectivity index (χ4v) is 4.52. The molecule has 2 aliphatic heterocycles. The van der Waals surface area contributed by atoms with Gasteiger partial charge >= 0.3 is 6.09 Å². The third-order valence-electron chi connectivity index (χ3n) is 6.69. The number of anilines is 1. The topological polar surface area (TPSA) is 86.4 Å². The van der Waals surface area contributed by atoms with Gasteiger partial charge in [0.1, 0.15) is 0 Å². The average molecular weight is 443 g/mol. The van der Waals surface area contributed by atoms with Crippen molar-refractivity contribution in [1.29, 1.82) is 0 Å². The summed E-state index contributed by atoms with van der Waals surface area (Å²) in [6.07, 6.45) is 4.32. The largest absolute Gasteiger partial charge is 0.450 e. The summed E-state index contributed by atoms with van der Waals surface area (Å²) in [6.45, 7) is 10.0. The van der Waals surface area contributed by atoms with Gasteiger partial charge in [-0.05, 0) is 56.2 Å². The van der Waals surface area contributed by atoms with Crippen LogP contribution in [0.2, 0.25) is 0 Å². The predicted octanol–water partition coefficient (Wildman–Crippen LogP) is 2.24. The van der Waals surface area contributed by atoms with Gasteiger partial charge in [0.2, 0.25) is 0 Å². The molecule has 4 rings (SSSR count). The van der Waals surface area contributed by atoms with Crippen molar-refractivity contribution in [3.8, 4) is 0 Å². The number of carbonyl (C=O) groups is 1. The van der Waals surface area contributed by atoms with Gasteiger partial charge in [-0.25, -0.2) is 9.79 Å². The van der Waals surface area contributed by atoms with Crippen LogP contribution in [-0.2, 0) is 11.3 Å². The number of amides is 1. The summed E-state index contributed by atoms with van der Waals surface area (Å²) >= 11 is 0. The molecule has 1 aromatic rings. The fraction of sp³-hybridized carbons (Fsp3) is 0.667. The zero-order chi connectivity index (χ0) is 22.3. The molecular formula is C24H38N6O2. The fourth-order valence-electron chi connectivity index (χ4n) is 4.52. The van der Waals surface area contributed by atoms with Gasteiger partial charge in [0.25, 0.3) is 0 Å². The number of hydrogen-bond acceptors (Lipinski definition) is 5. The number of ether oxygens (including phenoxy) is 1. The Hall–Kier alpha value is -2.48. The summed E-state index contributed by atoms with van der Waals surface area (Å²) in [5.41, 5.74) is 8.56. The lowest BCUT2D eigenvalue weighted by atomic mass is 10.1. The van der Waals surface area contributed by atoms with E-state index < -0.39 is 0 Å². The first kappa shape index (κ1) is 22.7. The molecule has 0 bridgehead atoms.